The Morgan fingerprint density at radius 3 is 1.50 bits per heavy atom. The van der Waals surface area contributed by atoms with Crippen LogP contribution in [0, 0.1) is 0 Å². The van der Waals surface area contributed by atoms with Crippen LogP contribution in [0.4, 0.5) is 0 Å². The molecule has 12 aromatic rings. The Kier molecular flexibility index (Phi) is 7.04. The van der Waals surface area contributed by atoms with E-state index in [-0.39, 0.29) is 5.41 Å². The molecule has 11 aromatic carbocycles. The summed E-state index contributed by atoms with van der Waals surface area (Å²) in [6, 6.07) is 72.9. The van der Waals surface area contributed by atoms with Gasteiger partial charge >= 0.3 is 0 Å². The van der Waals surface area contributed by atoms with Gasteiger partial charge in [-0.3, -0.25) is 0 Å². The van der Waals surface area contributed by atoms with Crippen LogP contribution < -0.4 is 0 Å². The normalized spacial score (nSPS) is 13.3. The monoisotopic (exact) mass is 778 g/mol. The van der Waals surface area contributed by atoms with Crippen LogP contribution in [0.1, 0.15) is 25.0 Å². The third kappa shape index (κ3) is 4.61. The molecule has 0 saturated heterocycles. The Bertz CT molecular complexity index is 3740. The first kappa shape index (κ1) is 33.9. The van der Waals surface area contributed by atoms with Gasteiger partial charge in [-0.1, -0.05) is 190 Å². The van der Waals surface area contributed by atoms with E-state index in [0.717, 1.165) is 0 Å². The average Bonchev–Trinajstić information content (AvgIpc) is 3.79. The molecule has 1 aliphatic carbocycles. The molecule has 0 fully saturated rings. The molecule has 1 heteroatoms. The first-order valence-corrected chi connectivity index (χ1v) is 21.8. The van der Waals surface area contributed by atoms with E-state index in [2.05, 4.69) is 208 Å². The first-order chi connectivity index (χ1) is 29.5. The van der Waals surface area contributed by atoms with E-state index in [1.165, 1.54) is 130 Å². The Balaban J connectivity index is 1.03. The second kappa shape index (κ2) is 12.5. The Morgan fingerprint density at radius 1 is 0.333 bits per heavy atom. The number of benzene rings is 11. The summed E-state index contributed by atoms with van der Waals surface area (Å²) in [7, 11) is 0. The summed E-state index contributed by atoms with van der Waals surface area (Å²) >= 11 is 1.92. The lowest BCUT2D eigenvalue weighted by molar-refractivity contribution is 0.667. The van der Waals surface area contributed by atoms with Gasteiger partial charge in [0.05, 0.1) is 0 Å². The highest BCUT2D eigenvalue weighted by Crippen LogP contribution is 2.56. The summed E-state index contributed by atoms with van der Waals surface area (Å²) in [6.45, 7) is 4.85. The van der Waals surface area contributed by atoms with E-state index in [0.29, 0.717) is 0 Å². The molecular weight excluding hydrogens is 741 g/mol. The SMILES string of the molecule is CC1(C)c2ccc(-c3ccc(-c4c5ccccc5c(-c5cccc6ccccc56)c5ccccc45)c4ccccc34)cc2-c2ccc3sc4ccc5ccccc5c4c3c21. The number of fused-ring (bicyclic) bond motifs is 13. The van der Waals surface area contributed by atoms with Crippen molar-refractivity contribution in [3.8, 4) is 44.5 Å². The Labute approximate surface area is 352 Å². The highest BCUT2D eigenvalue weighted by atomic mass is 32.1. The van der Waals surface area contributed by atoms with E-state index in [9.17, 15) is 0 Å². The molecule has 1 heterocycles. The smallest absolute Gasteiger partial charge is 0.0361 e. The van der Waals surface area contributed by atoms with E-state index in [1.807, 2.05) is 11.3 Å². The number of hydrogen-bond donors (Lipinski definition) is 0. The molecule has 0 radical (unpaired) electrons. The highest BCUT2D eigenvalue weighted by molar-refractivity contribution is 7.26. The van der Waals surface area contributed by atoms with Crippen LogP contribution in [0.5, 0.6) is 0 Å². The number of thiophene rings is 1. The van der Waals surface area contributed by atoms with Crippen molar-refractivity contribution >= 4 is 85.4 Å². The van der Waals surface area contributed by atoms with Crippen molar-refractivity contribution in [3.05, 3.63) is 205 Å². The maximum Gasteiger partial charge on any atom is 0.0361 e. The van der Waals surface area contributed by atoms with Crippen LogP contribution in [0.25, 0.3) is 119 Å². The summed E-state index contributed by atoms with van der Waals surface area (Å²) in [6.07, 6.45) is 0. The molecule has 0 aliphatic heterocycles. The first-order valence-electron chi connectivity index (χ1n) is 21.0. The highest BCUT2D eigenvalue weighted by Gasteiger charge is 2.38. The third-order valence-corrected chi connectivity index (χ3v) is 14.8. The molecule has 0 amide bonds. The van der Waals surface area contributed by atoms with Crippen molar-refractivity contribution in [3.63, 3.8) is 0 Å². The molecule has 0 nitrogen and oxygen atoms in total. The van der Waals surface area contributed by atoms with Gasteiger partial charge in [0.25, 0.3) is 0 Å². The van der Waals surface area contributed by atoms with Gasteiger partial charge in [-0.25, -0.2) is 0 Å². The van der Waals surface area contributed by atoms with Crippen molar-refractivity contribution in [2.24, 2.45) is 0 Å². The van der Waals surface area contributed by atoms with Crippen LogP contribution in [0.3, 0.4) is 0 Å². The molecule has 13 rings (SSSR count). The molecule has 280 valence electrons. The van der Waals surface area contributed by atoms with Crippen LogP contribution in [-0.4, -0.2) is 0 Å². The lowest BCUT2D eigenvalue weighted by Gasteiger charge is -2.23. The predicted octanol–water partition coefficient (Wildman–Crippen LogP) is 17.1. The maximum absolute atomic E-state index is 2.48. The lowest BCUT2D eigenvalue weighted by Crippen LogP contribution is -2.15. The topological polar surface area (TPSA) is 0 Å². The van der Waals surface area contributed by atoms with Gasteiger partial charge in [0.2, 0.25) is 0 Å². The zero-order chi connectivity index (χ0) is 39.7. The Hall–Kier alpha value is -7.06. The number of rotatable bonds is 3. The molecule has 1 aromatic heterocycles. The minimum Gasteiger partial charge on any atom is -0.135 e. The molecule has 0 spiro atoms. The van der Waals surface area contributed by atoms with Crippen LogP contribution in [0.2, 0.25) is 0 Å². The third-order valence-electron chi connectivity index (χ3n) is 13.6. The molecule has 0 bridgehead atoms. The van der Waals surface area contributed by atoms with Gasteiger partial charge in [-0.05, 0) is 128 Å². The fraction of sp³-hybridized carbons (Fsp3) is 0.0508. The number of hydrogen-bond acceptors (Lipinski definition) is 1. The van der Waals surface area contributed by atoms with Crippen molar-refractivity contribution in [2.45, 2.75) is 19.3 Å². The van der Waals surface area contributed by atoms with Crippen molar-refractivity contribution in [1.29, 1.82) is 0 Å². The van der Waals surface area contributed by atoms with Crippen LogP contribution in [0.15, 0.2) is 194 Å². The van der Waals surface area contributed by atoms with Gasteiger partial charge in [-0.15, -0.1) is 11.3 Å². The summed E-state index contributed by atoms with van der Waals surface area (Å²) in [4.78, 5) is 0. The minimum atomic E-state index is -0.139. The fourth-order valence-electron chi connectivity index (χ4n) is 11.0. The van der Waals surface area contributed by atoms with Crippen molar-refractivity contribution in [2.75, 3.05) is 0 Å². The van der Waals surface area contributed by atoms with Crippen molar-refractivity contribution in [1.82, 2.24) is 0 Å². The summed E-state index contributed by atoms with van der Waals surface area (Å²) in [5.41, 5.74) is 13.1. The molecule has 0 N–H and O–H groups in total. The fourth-order valence-corrected chi connectivity index (χ4v) is 12.2. The standard InChI is InChI=1S/C59H38S/c1-59(2)51-31-26-37(34-50(51)49-30-33-53-57(58(49)59)56-40-18-6-4-15-36(40)27-32-52(56)60-53)39-28-29-48(42-20-8-7-19-41(39)42)55-46-23-11-9-21-44(46)54(45-22-10-12-24-47(45)55)43-25-13-16-35-14-3-5-17-38(35)43/h3-34H,1-2H3. The van der Waals surface area contributed by atoms with E-state index in [1.54, 1.807) is 0 Å². The zero-order valence-electron chi connectivity index (χ0n) is 33.4. The van der Waals surface area contributed by atoms with Crippen LogP contribution in [-0.2, 0) is 5.41 Å². The lowest BCUT2D eigenvalue weighted by atomic mass is 9.80. The largest absolute Gasteiger partial charge is 0.135 e. The van der Waals surface area contributed by atoms with Gasteiger partial charge in [-0.2, -0.15) is 0 Å². The van der Waals surface area contributed by atoms with Crippen LogP contribution >= 0.6 is 11.3 Å². The average molecular weight is 779 g/mol. The molecule has 60 heavy (non-hydrogen) atoms. The molecule has 1 aliphatic rings. The van der Waals surface area contributed by atoms with Gasteiger partial charge in [0.1, 0.15) is 0 Å². The van der Waals surface area contributed by atoms with Crippen molar-refractivity contribution < 1.29 is 0 Å². The molecule has 0 atom stereocenters. The summed E-state index contributed by atoms with van der Waals surface area (Å²) in [5, 5.41) is 15.6. The zero-order valence-corrected chi connectivity index (χ0v) is 34.2. The van der Waals surface area contributed by atoms with Gasteiger partial charge < -0.3 is 0 Å². The quantitative estimate of drug-likeness (QED) is 0.157. The summed E-state index contributed by atoms with van der Waals surface area (Å²) in [5.74, 6) is 0. The second-order valence-corrected chi connectivity index (χ2v) is 18.2. The van der Waals surface area contributed by atoms with Gasteiger partial charge in [0, 0.05) is 25.6 Å². The molecule has 0 unspecified atom stereocenters. The van der Waals surface area contributed by atoms with E-state index in [4.69, 9.17) is 0 Å². The Morgan fingerprint density at radius 2 is 0.817 bits per heavy atom. The minimum absolute atomic E-state index is 0.139. The molecular formula is C59H38S. The van der Waals surface area contributed by atoms with E-state index < -0.39 is 0 Å². The summed E-state index contributed by atoms with van der Waals surface area (Å²) < 4.78 is 2.73. The maximum atomic E-state index is 2.48. The van der Waals surface area contributed by atoms with Gasteiger partial charge in [0.15, 0.2) is 0 Å². The molecule has 0 saturated carbocycles. The second-order valence-electron chi connectivity index (χ2n) is 17.1. The predicted molar refractivity (Wildman–Crippen MR) is 261 cm³/mol. The van der Waals surface area contributed by atoms with E-state index >= 15 is 0 Å².